The first-order chi connectivity index (χ1) is 5.83. The molecule has 0 amide bonds. The molecule has 0 spiro atoms. The van der Waals surface area contributed by atoms with Crippen LogP contribution in [0.3, 0.4) is 0 Å². The summed E-state index contributed by atoms with van der Waals surface area (Å²) in [5, 5.41) is 0. The Morgan fingerprint density at radius 3 is 2.75 bits per heavy atom. The summed E-state index contributed by atoms with van der Waals surface area (Å²) in [4.78, 5) is 13.6. The molecule has 0 unspecified atom stereocenters. The fourth-order valence-electron chi connectivity index (χ4n) is 1.35. The van der Waals surface area contributed by atoms with E-state index in [1.165, 1.54) is 0 Å². The number of rotatable bonds is 3. The van der Waals surface area contributed by atoms with Gasteiger partial charge < -0.3 is 4.74 Å². The van der Waals surface area contributed by atoms with Gasteiger partial charge in [0.25, 0.3) is 0 Å². The van der Waals surface area contributed by atoms with Gasteiger partial charge in [-0.3, -0.25) is 0 Å². The monoisotopic (exact) mass is 187 g/mol. The molecule has 1 saturated heterocycles. The molecule has 12 heavy (non-hydrogen) atoms. The summed E-state index contributed by atoms with van der Waals surface area (Å²) in [7, 11) is 1.69. The van der Waals surface area contributed by atoms with Gasteiger partial charge >= 0.3 is 0 Å². The first-order valence-corrected chi connectivity index (χ1v) is 5.15. The number of isocyanates is 1. The second kappa shape index (κ2) is 4.65. The number of hydrogen-bond donors (Lipinski definition) is 0. The van der Waals surface area contributed by atoms with Crippen LogP contribution in [0.2, 0.25) is 0 Å². The maximum absolute atomic E-state index is 9.95. The fourth-order valence-corrected chi connectivity index (χ4v) is 2.58. The molecule has 0 aromatic rings. The van der Waals surface area contributed by atoms with E-state index in [0.717, 1.165) is 24.3 Å². The average molecular weight is 187 g/mol. The summed E-state index contributed by atoms with van der Waals surface area (Å²) in [6.07, 6.45) is 3.53. The van der Waals surface area contributed by atoms with E-state index in [4.69, 9.17) is 4.74 Å². The van der Waals surface area contributed by atoms with Crippen LogP contribution < -0.4 is 0 Å². The zero-order chi connectivity index (χ0) is 8.86. The highest BCUT2D eigenvalue weighted by molar-refractivity contribution is 7.99. The van der Waals surface area contributed by atoms with Crippen LogP contribution in [-0.2, 0) is 9.53 Å². The van der Waals surface area contributed by atoms with Gasteiger partial charge in [0.15, 0.2) is 0 Å². The molecule has 1 aliphatic heterocycles. The molecule has 1 aliphatic rings. The summed E-state index contributed by atoms with van der Waals surface area (Å²) in [6.45, 7) is 0.466. The molecule has 0 N–H and O–H groups in total. The Morgan fingerprint density at radius 1 is 1.58 bits per heavy atom. The van der Waals surface area contributed by atoms with Gasteiger partial charge in [0.1, 0.15) is 0 Å². The number of methoxy groups -OCH3 is 1. The number of aliphatic imine (C=N–C) groups is 1. The van der Waals surface area contributed by atoms with Crippen LogP contribution in [0, 0.1) is 0 Å². The van der Waals surface area contributed by atoms with Crippen molar-refractivity contribution in [2.45, 2.75) is 18.4 Å². The Balaban J connectivity index is 2.53. The van der Waals surface area contributed by atoms with Gasteiger partial charge in [-0.15, -0.1) is 0 Å². The molecule has 4 heteroatoms. The predicted molar refractivity (Wildman–Crippen MR) is 49.3 cm³/mol. The summed E-state index contributed by atoms with van der Waals surface area (Å²) >= 11 is 1.93. The zero-order valence-electron chi connectivity index (χ0n) is 7.21. The lowest BCUT2D eigenvalue weighted by Crippen LogP contribution is -2.38. The van der Waals surface area contributed by atoms with E-state index in [0.29, 0.717) is 6.54 Å². The minimum Gasteiger partial charge on any atom is -0.376 e. The molecule has 68 valence electrons. The summed E-state index contributed by atoms with van der Waals surface area (Å²) in [5.74, 6) is 2.20. The van der Waals surface area contributed by atoms with Crippen LogP contribution in [0.4, 0.5) is 0 Å². The molecule has 0 saturated carbocycles. The lowest BCUT2D eigenvalue weighted by Gasteiger charge is -2.33. The van der Waals surface area contributed by atoms with E-state index in [1.54, 1.807) is 13.2 Å². The number of carbonyl (C=O) groups excluding carboxylic acids is 1. The molecule has 0 radical (unpaired) electrons. The topological polar surface area (TPSA) is 38.7 Å². The van der Waals surface area contributed by atoms with Gasteiger partial charge in [-0.05, 0) is 24.3 Å². The summed E-state index contributed by atoms with van der Waals surface area (Å²) in [5.41, 5.74) is -0.178. The minimum absolute atomic E-state index is 0.178. The van der Waals surface area contributed by atoms with E-state index < -0.39 is 0 Å². The van der Waals surface area contributed by atoms with Gasteiger partial charge in [0.05, 0.1) is 12.1 Å². The molecule has 0 aliphatic carbocycles. The molecule has 1 heterocycles. The van der Waals surface area contributed by atoms with Crippen molar-refractivity contribution in [2.24, 2.45) is 4.99 Å². The molecule has 1 rings (SSSR count). The van der Waals surface area contributed by atoms with Crippen molar-refractivity contribution in [2.75, 3.05) is 25.2 Å². The van der Waals surface area contributed by atoms with Crippen molar-refractivity contribution in [3.63, 3.8) is 0 Å². The van der Waals surface area contributed by atoms with Crippen LogP contribution in [0.5, 0.6) is 0 Å². The Bertz CT molecular complexity index is 183. The number of ether oxygens (including phenoxy) is 1. The van der Waals surface area contributed by atoms with Crippen LogP contribution in [-0.4, -0.2) is 36.8 Å². The third kappa shape index (κ3) is 2.34. The third-order valence-corrected chi connectivity index (χ3v) is 3.25. The van der Waals surface area contributed by atoms with Crippen LogP contribution in [0.1, 0.15) is 12.8 Å². The maximum atomic E-state index is 9.95. The van der Waals surface area contributed by atoms with Crippen molar-refractivity contribution in [1.82, 2.24) is 0 Å². The van der Waals surface area contributed by atoms with Crippen molar-refractivity contribution < 1.29 is 9.53 Å². The van der Waals surface area contributed by atoms with Gasteiger partial charge in [-0.1, -0.05) is 0 Å². The molecule has 1 fully saturated rings. The van der Waals surface area contributed by atoms with E-state index in [2.05, 4.69) is 4.99 Å². The van der Waals surface area contributed by atoms with Gasteiger partial charge in [0, 0.05) is 7.11 Å². The quantitative estimate of drug-likeness (QED) is 0.493. The van der Waals surface area contributed by atoms with E-state index in [9.17, 15) is 4.79 Å². The lowest BCUT2D eigenvalue weighted by atomic mass is 9.97. The highest BCUT2D eigenvalue weighted by Gasteiger charge is 2.31. The van der Waals surface area contributed by atoms with Crippen molar-refractivity contribution in [1.29, 1.82) is 0 Å². The normalized spacial score (nSPS) is 21.4. The van der Waals surface area contributed by atoms with Gasteiger partial charge in [0.2, 0.25) is 6.08 Å². The molecule has 0 aromatic carbocycles. The smallest absolute Gasteiger partial charge is 0.235 e. The standard InChI is InChI=1S/C8H13NO2S/c1-11-8(6-9-7-10)2-4-12-5-3-8/h2-6H2,1H3. The maximum Gasteiger partial charge on any atom is 0.235 e. The highest BCUT2D eigenvalue weighted by atomic mass is 32.2. The number of thioether (sulfide) groups is 1. The zero-order valence-corrected chi connectivity index (χ0v) is 8.02. The first-order valence-electron chi connectivity index (χ1n) is 3.99. The third-order valence-electron chi connectivity index (χ3n) is 2.27. The minimum atomic E-state index is -0.178. The fraction of sp³-hybridized carbons (Fsp3) is 0.875. The predicted octanol–water partition coefficient (Wildman–Crippen LogP) is 1.23. The second-order valence-electron chi connectivity index (χ2n) is 2.91. The summed E-state index contributed by atoms with van der Waals surface area (Å²) in [6, 6.07) is 0. The van der Waals surface area contributed by atoms with Gasteiger partial charge in [-0.25, -0.2) is 9.79 Å². The Kier molecular flexibility index (Phi) is 3.79. The molecule has 3 nitrogen and oxygen atoms in total. The Labute approximate surface area is 76.6 Å². The first kappa shape index (κ1) is 9.78. The van der Waals surface area contributed by atoms with Gasteiger partial charge in [-0.2, -0.15) is 11.8 Å². The largest absolute Gasteiger partial charge is 0.376 e. The number of nitrogens with zero attached hydrogens (tertiary/aromatic N) is 1. The van der Waals surface area contributed by atoms with Crippen LogP contribution in [0.15, 0.2) is 4.99 Å². The van der Waals surface area contributed by atoms with E-state index in [1.807, 2.05) is 11.8 Å². The molecular weight excluding hydrogens is 174 g/mol. The van der Waals surface area contributed by atoms with Crippen molar-refractivity contribution in [3.8, 4) is 0 Å². The molecular formula is C8H13NO2S. The summed E-state index contributed by atoms with van der Waals surface area (Å²) < 4.78 is 5.39. The van der Waals surface area contributed by atoms with Crippen LogP contribution in [0.25, 0.3) is 0 Å². The molecule has 0 atom stereocenters. The average Bonchev–Trinajstić information content (AvgIpc) is 2.16. The van der Waals surface area contributed by atoms with E-state index >= 15 is 0 Å². The molecule has 0 aromatic heterocycles. The second-order valence-corrected chi connectivity index (χ2v) is 4.13. The van der Waals surface area contributed by atoms with Crippen molar-refractivity contribution in [3.05, 3.63) is 0 Å². The Morgan fingerprint density at radius 2 is 2.25 bits per heavy atom. The number of hydrogen-bond acceptors (Lipinski definition) is 4. The van der Waals surface area contributed by atoms with Crippen molar-refractivity contribution >= 4 is 17.8 Å². The van der Waals surface area contributed by atoms with E-state index in [-0.39, 0.29) is 5.60 Å². The van der Waals surface area contributed by atoms with Crippen LogP contribution >= 0.6 is 11.8 Å². The SMILES string of the molecule is COC1(CN=C=O)CCSCC1. The lowest BCUT2D eigenvalue weighted by molar-refractivity contribution is -0.00853. The Hall–Kier alpha value is -0.310. The highest BCUT2D eigenvalue weighted by Crippen LogP contribution is 2.29. The molecule has 0 bridgehead atoms.